The normalized spacial score (nSPS) is 23.3. The lowest BCUT2D eigenvalue weighted by molar-refractivity contribution is -1.00. The molecule has 0 aromatic heterocycles. The van der Waals surface area contributed by atoms with Crippen molar-refractivity contribution >= 4 is 29.3 Å². The standard InChI is InChI=1S/C17H24N4O2S/c1-20-7-9-21(10-8-20)6-2-5-18-17(23)13-3-4-15-14(11-13)19-16(22)12-24-15/h3-4,11H,2,5-10,12H2,1H3,(H,18,23)(H,19,22)/p+2. The molecule has 0 unspecified atom stereocenters. The van der Waals surface area contributed by atoms with Gasteiger partial charge in [0.15, 0.2) is 0 Å². The SMILES string of the molecule is C[NH+]1CC[NH+](CCCNC(=O)c2ccc3c(c2)NC(=O)CS3)CC1. The summed E-state index contributed by atoms with van der Waals surface area (Å²) < 4.78 is 0. The highest BCUT2D eigenvalue weighted by molar-refractivity contribution is 8.00. The number of thioether (sulfide) groups is 1. The predicted molar refractivity (Wildman–Crippen MR) is 94.9 cm³/mol. The molecule has 2 amide bonds. The summed E-state index contributed by atoms with van der Waals surface area (Å²) in [6.45, 7) is 6.73. The zero-order chi connectivity index (χ0) is 16.9. The average molecular weight is 350 g/mol. The number of likely N-dealkylation sites (N-methyl/N-ethyl adjacent to an activating group) is 1. The number of carbonyl (C=O) groups excluding carboxylic acids is 2. The summed E-state index contributed by atoms with van der Waals surface area (Å²) in [5, 5.41) is 5.81. The van der Waals surface area contributed by atoms with Crippen LogP contribution >= 0.6 is 11.8 Å². The fraction of sp³-hybridized carbons (Fsp3) is 0.529. The van der Waals surface area contributed by atoms with Crippen LogP contribution in [0, 0.1) is 0 Å². The van der Waals surface area contributed by atoms with Crippen LogP contribution in [-0.2, 0) is 4.79 Å². The Morgan fingerprint density at radius 3 is 2.88 bits per heavy atom. The molecule has 1 aromatic carbocycles. The van der Waals surface area contributed by atoms with Crippen LogP contribution in [0.4, 0.5) is 5.69 Å². The largest absolute Gasteiger partial charge is 0.352 e. The van der Waals surface area contributed by atoms with E-state index in [4.69, 9.17) is 0 Å². The second kappa shape index (κ2) is 8.00. The Morgan fingerprint density at radius 1 is 1.29 bits per heavy atom. The smallest absolute Gasteiger partial charge is 0.251 e. The Bertz CT molecular complexity index is 615. The molecule has 130 valence electrons. The number of quaternary nitrogens is 2. The molecule has 7 heteroatoms. The van der Waals surface area contributed by atoms with Gasteiger partial charge in [0.1, 0.15) is 26.2 Å². The van der Waals surface area contributed by atoms with Crippen LogP contribution in [0.5, 0.6) is 0 Å². The Labute approximate surface area is 146 Å². The van der Waals surface area contributed by atoms with E-state index in [-0.39, 0.29) is 11.8 Å². The van der Waals surface area contributed by atoms with Gasteiger partial charge in [-0.15, -0.1) is 11.8 Å². The lowest BCUT2D eigenvalue weighted by atomic mass is 10.2. The summed E-state index contributed by atoms with van der Waals surface area (Å²) in [5.41, 5.74) is 1.35. The van der Waals surface area contributed by atoms with Crippen LogP contribution < -0.4 is 20.4 Å². The molecule has 0 spiro atoms. The second-order valence-electron chi connectivity index (χ2n) is 6.61. The molecule has 0 saturated carbocycles. The van der Waals surface area contributed by atoms with Crippen molar-refractivity contribution in [2.75, 3.05) is 57.4 Å². The van der Waals surface area contributed by atoms with Crippen molar-refractivity contribution in [3.8, 4) is 0 Å². The monoisotopic (exact) mass is 350 g/mol. The van der Waals surface area contributed by atoms with Gasteiger partial charge < -0.3 is 20.4 Å². The van der Waals surface area contributed by atoms with E-state index in [1.807, 2.05) is 12.1 Å². The zero-order valence-corrected chi connectivity index (χ0v) is 14.9. The minimum atomic E-state index is -0.0690. The maximum absolute atomic E-state index is 12.3. The van der Waals surface area contributed by atoms with E-state index in [0.717, 1.165) is 23.5 Å². The minimum Gasteiger partial charge on any atom is -0.352 e. The number of hydrogen-bond donors (Lipinski definition) is 4. The molecule has 2 aliphatic heterocycles. The topological polar surface area (TPSA) is 67.1 Å². The van der Waals surface area contributed by atoms with E-state index in [1.54, 1.807) is 15.9 Å². The van der Waals surface area contributed by atoms with Gasteiger partial charge in [-0.2, -0.15) is 0 Å². The number of fused-ring (bicyclic) bond motifs is 1. The number of amides is 2. The highest BCUT2D eigenvalue weighted by Gasteiger charge is 2.19. The molecule has 0 atom stereocenters. The van der Waals surface area contributed by atoms with Gasteiger partial charge in [-0.1, -0.05) is 0 Å². The molecule has 1 saturated heterocycles. The number of anilines is 1. The third-order valence-electron chi connectivity index (χ3n) is 4.68. The highest BCUT2D eigenvalue weighted by Crippen LogP contribution is 2.31. The molecule has 1 fully saturated rings. The van der Waals surface area contributed by atoms with Crippen LogP contribution in [0.3, 0.4) is 0 Å². The first-order valence-electron chi connectivity index (χ1n) is 8.61. The number of rotatable bonds is 5. The van der Waals surface area contributed by atoms with Crippen LogP contribution in [0.1, 0.15) is 16.8 Å². The number of piperazine rings is 1. The van der Waals surface area contributed by atoms with E-state index in [1.165, 1.54) is 37.9 Å². The summed E-state index contributed by atoms with van der Waals surface area (Å²) >= 11 is 1.51. The number of hydrogen-bond acceptors (Lipinski definition) is 3. The number of carbonyl (C=O) groups is 2. The van der Waals surface area contributed by atoms with Crippen LogP contribution in [0.15, 0.2) is 23.1 Å². The molecular formula is C17H26N4O2S+2. The predicted octanol–water partition coefficient (Wildman–Crippen LogP) is -1.74. The van der Waals surface area contributed by atoms with Gasteiger partial charge in [0, 0.05) is 23.4 Å². The van der Waals surface area contributed by atoms with Crippen molar-refractivity contribution in [2.24, 2.45) is 0 Å². The molecular weight excluding hydrogens is 324 g/mol. The maximum atomic E-state index is 12.3. The van der Waals surface area contributed by atoms with Crippen molar-refractivity contribution in [1.29, 1.82) is 0 Å². The van der Waals surface area contributed by atoms with Crippen molar-refractivity contribution in [3.05, 3.63) is 23.8 Å². The van der Waals surface area contributed by atoms with Crippen molar-refractivity contribution in [2.45, 2.75) is 11.3 Å². The van der Waals surface area contributed by atoms with Crippen LogP contribution in [0.2, 0.25) is 0 Å². The summed E-state index contributed by atoms with van der Waals surface area (Å²) in [6.07, 6.45) is 0.998. The molecule has 0 bridgehead atoms. The first kappa shape index (κ1) is 17.3. The van der Waals surface area contributed by atoms with E-state index in [9.17, 15) is 9.59 Å². The lowest BCUT2D eigenvalue weighted by Crippen LogP contribution is -3.27. The molecule has 6 nitrogen and oxygen atoms in total. The molecule has 2 aliphatic rings. The van der Waals surface area contributed by atoms with Crippen molar-refractivity contribution < 1.29 is 19.4 Å². The van der Waals surface area contributed by atoms with Crippen LogP contribution in [-0.4, -0.2) is 63.9 Å². The Balaban J connectivity index is 1.44. The summed E-state index contributed by atoms with van der Waals surface area (Å²) in [7, 11) is 2.25. The molecule has 4 N–H and O–H groups in total. The average Bonchev–Trinajstić information content (AvgIpc) is 2.59. The molecule has 0 aliphatic carbocycles. The molecule has 2 heterocycles. The van der Waals surface area contributed by atoms with E-state index >= 15 is 0 Å². The second-order valence-corrected chi connectivity index (χ2v) is 7.63. The number of nitrogens with one attached hydrogen (secondary N) is 4. The molecule has 0 radical (unpaired) electrons. The summed E-state index contributed by atoms with van der Waals surface area (Å²) in [5.74, 6) is 0.358. The van der Waals surface area contributed by atoms with Gasteiger partial charge in [-0.05, 0) is 18.2 Å². The van der Waals surface area contributed by atoms with Gasteiger partial charge in [0.25, 0.3) is 5.91 Å². The van der Waals surface area contributed by atoms with E-state index < -0.39 is 0 Å². The third-order valence-corrected chi connectivity index (χ3v) is 5.75. The maximum Gasteiger partial charge on any atom is 0.251 e. The Kier molecular flexibility index (Phi) is 5.76. The first-order chi connectivity index (χ1) is 11.6. The Morgan fingerprint density at radius 2 is 2.08 bits per heavy atom. The van der Waals surface area contributed by atoms with E-state index in [2.05, 4.69) is 17.7 Å². The van der Waals surface area contributed by atoms with Gasteiger partial charge in [0.2, 0.25) is 5.91 Å². The van der Waals surface area contributed by atoms with Crippen LogP contribution in [0.25, 0.3) is 0 Å². The summed E-state index contributed by atoms with van der Waals surface area (Å²) in [4.78, 5) is 28.0. The molecule has 3 rings (SSSR count). The Hall–Kier alpha value is -1.57. The fourth-order valence-electron chi connectivity index (χ4n) is 3.15. The summed E-state index contributed by atoms with van der Waals surface area (Å²) in [6, 6.07) is 5.50. The number of benzene rings is 1. The first-order valence-corrected chi connectivity index (χ1v) is 9.60. The quantitative estimate of drug-likeness (QED) is 0.477. The van der Waals surface area contributed by atoms with E-state index in [0.29, 0.717) is 17.9 Å². The minimum absolute atomic E-state index is 0.0120. The van der Waals surface area contributed by atoms with Gasteiger partial charge in [-0.25, -0.2) is 0 Å². The molecule has 24 heavy (non-hydrogen) atoms. The van der Waals surface area contributed by atoms with Crippen molar-refractivity contribution in [1.82, 2.24) is 5.32 Å². The van der Waals surface area contributed by atoms with Gasteiger partial charge >= 0.3 is 0 Å². The van der Waals surface area contributed by atoms with Gasteiger partial charge in [-0.3, -0.25) is 9.59 Å². The molecule has 1 aromatic rings. The van der Waals surface area contributed by atoms with Gasteiger partial charge in [0.05, 0.1) is 25.0 Å². The highest BCUT2D eigenvalue weighted by atomic mass is 32.2. The third kappa shape index (κ3) is 4.49. The fourth-order valence-corrected chi connectivity index (χ4v) is 3.94. The zero-order valence-electron chi connectivity index (χ0n) is 14.1. The lowest BCUT2D eigenvalue weighted by Gasteiger charge is -2.27. The van der Waals surface area contributed by atoms with Crippen molar-refractivity contribution in [3.63, 3.8) is 0 Å².